The molecule has 1 unspecified atom stereocenters. The van der Waals surface area contributed by atoms with Gasteiger partial charge in [-0.15, -0.1) is 0 Å². The first-order valence-electron chi connectivity index (χ1n) is 6.51. The molecule has 0 aromatic rings. The van der Waals surface area contributed by atoms with Gasteiger partial charge >= 0.3 is 5.97 Å². The molecule has 0 radical (unpaired) electrons. The van der Waals surface area contributed by atoms with E-state index in [9.17, 15) is 4.79 Å². The van der Waals surface area contributed by atoms with Crippen LogP contribution in [0, 0.1) is 11.3 Å². The van der Waals surface area contributed by atoms with Crippen LogP contribution in [0.15, 0.2) is 0 Å². The lowest BCUT2D eigenvalue weighted by Gasteiger charge is -2.43. The summed E-state index contributed by atoms with van der Waals surface area (Å²) in [5.74, 6) is 0.0878. The van der Waals surface area contributed by atoms with Crippen LogP contribution < -0.4 is 5.73 Å². The Kier molecular flexibility index (Phi) is 4.78. The van der Waals surface area contributed by atoms with Gasteiger partial charge in [-0.1, -0.05) is 20.3 Å². The van der Waals surface area contributed by atoms with Crippen molar-refractivity contribution in [2.45, 2.75) is 64.8 Å². The highest BCUT2D eigenvalue weighted by atomic mass is 16.4. The Morgan fingerprint density at radius 2 is 2.00 bits per heavy atom. The van der Waals surface area contributed by atoms with E-state index in [0.717, 1.165) is 38.0 Å². The molecule has 3 nitrogen and oxygen atoms in total. The number of rotatable bonds is 5. The highest BCUT2D eigenvalue weighted by Gasteiger charge is 2.40. The van der Waals surface area contributed by atoms with Crippen LogP contribution in [0.3, 0.4) is 0 Å². The van der Waals surface area contributed by atoms with Crippen molar-refractivity contribution in [1.82, 2.24) is 0 Å². The Morgan fingerprint density at radius 3 is 2.38 bits per heavy atom. The third-order valence-electron chi connectivity index (χ3n) is 4.41. The van der Waals surface area contributed by atoms with Gasteiger partial charge in [0.2, 0.25) is 0 Å². The van der Waals surface area contributed by atoms with Crippen molar-refractivity contribution in [2.75, 3.05) is 0 Å². The molecule has 0 spiro atoms. The summed E-state index contributed by atoms with van der Waals surface area (Å²) in [7, 11) is 0. The molecular weight excluding hydrogens is 202 g/mol. The van der Waals surface area contributed by atoms with Gasteiger partial charge in [-0.2, -0.15) is 0 Å². The van der Waals surface area contributed by atoms with Gasteiger partial charge < -0.3 is 10.8 Å². The third kappa shape index (κ3) is 2.97. The second kappa shape index (κ2) is 5.67. The molecule has 1 saturated carbocycles. The maximum absolute atomic E-state index is 11.0. The summed E-state index contributed by atoms with van der Waals surface area (Å²) >= 11 is 0. The van der Waals surface area contributed by atoms with E-state index in [1.54, 1.807) is 0 Å². The van der Waals surface area contributed by atoms with Gasteiger partial charge in [0.05, 0.1) is 6.42 Å². The van der Waals surface area contributed by atoms with Gasteiger partial charge in [-0.25, -0.2) is 0 Å². The quantitative estimate of drug-likeness (QED) is 0.759. The van der Waals surface area contributed by atoms with Gasteiger partial charge in [0.15, 0.2) is 0 Å². The molecule has 3 heteroatoms. The molecule has 1 atom stereocenters. The van der Waals surface area contributed by atoms with Crippen molar-refractivity contribution < 1.29 is 9.90 Å². The smallest absolute Gasteiger partial charge is 0.303 e. The average molecular weight is 227 g/mol. The van der Waals surface area contributed by atoms with E-state index >= 15 is 0 Å². The number of carboxylic acids is 1. The van der Waals surface area contributed by atoms with E-state index in [2.05, 4.69) is 13.8 Å². The SMILES string of the molecule is CCC1CCC(CC(=O)O)(C(N)CC)CC1. The molecule has 0 aromatic heterocycles. The molecule has 1 fully saturated rings. The normalized spacial score (nSPS) is 32.3. The van der Waals surface area contributed by atoms with Crippen molar-refractivity contribution in [1.29, 1.82) is 0 Å². The number of aliphatic carboxylic acids is 1. The van der Waals surface area contributed by atoms with E-state index < -0.39 is 5.97 Å². The molecular formula is C13H25NO2. The molecule has 1 aliphatic rings. The van der Waals surface area contributed by atoms with Crippen molar-refractivity contribution in [3.8, 4) is 0 Å². The molecule has 0 amide bonds. The number of carbonyl (C=O) groups is 1. The standard InChI is InChI=1S/C13H25NO2/c1-3-10-5-7-13(8-6-10,9-12(15)16)11(14)4-2/h10-11H,3-9,14H2,1-2H3,(H,15,16). The van der Waals surface area contributed by atoms with Gasteiger partial charge in [0.25, 0.3) is 0 Å². The number of hydrogen-bond acceptors (Lipinski definition) is 2. The number of hydrogen-bond donors (Lipinski definition) is 2. The van der Waals surface area contributed by atoms with Crippen LogP contribution in [-0.4, -0.2) is 17.1 Å². The first-order valence-corrected chi connectivity index (χ1v) is 6.51. The van der Waals surface area contributed by atoms with E-state index in [1.165, 1.54) is 6.42 Å². The molecule has 16 heavy (non-hydrogen) atoms. The van der Waals surface area contributed by atoms with Gasteiger partial charge in [-0.3, -0.25) is 4.79 Å². The van der Waals surface area contributed by atoms with Crippen molar-refractivity contribution in [3.05, 3.63) is 0 Å². The van der Waals surface area contributed by atoms with Crippen molar-refractivity contribution in [2.24, 2.45) is 17.1 Å². The summed E-state index contributed by atoms with van der Waals surface area (Å²) in [4.78, 5) is 11.0. The zero-order chi connectivity index (χ0) is 12.2. The summed E-state index contributed by atoms with van der Waals surface area (Å²) in [6, 6.07) is 0.0430. The van der Waals surface area contributed by atoms with E-state index in [4.69, 9.17) is 10.8 Å². The molecule has 94 valence electrons. The lowest BCUT2D eigenvalue weighted by Crippen LogP contribution is -2.45. The van der Waals surface area contributed by atoms with Crippen LogP contribution in [0.5, 0.6) is 0 Å². The minimum atomic E-state index is -0.696. The zero-order valence-electron chi connectivity index (χ0n) is 10.5. The second-order valence-corrected chi connectivity index (χ2v) is 5.30. The topological polar surface area (TPSA) is 63.3 Å². The average Bonchev–Trinajstić information content (AvgIpc) is 2.28. The van der Waals surface area contributed by atoms with E-state index in [0.29, 0.717) is 0 Å². The fourth-order valence-electron chi connectivity index (χ4n) is 3.07. The molecule has 0 bridgehead atoms. The van der Waals surface area contributed by atoms with Crippen molar-refractivity contribution in [3.63, 3.8) is 0 Å². The number of nitrogens with two attached hydrogens (primary N) is 1. The summed E-state index contributed by atoms with van der Waals surface area (Å²) in [5, 5.41) is 9.04. The highest BCUT2D eigenvalue weighted by Crippen LogP contribution is 2.45. The maximum Gasteiger partial charge on any atom is 0.303 e. The van der Waals surface area contributed by atoms with Gasteiger partial charge in [0.1, 0.15) is 0 Å². The first kappa shape index (κ1) is 13.5. The van der Waals surface area contributed by atoms with Crippen LogP contribution in [0.25, 0.3) is 0 Å². The predicted molar refractivity (Wildman–Crippen MR) is 65.2 cm³/mol. The van der Waals surface area contributed by atoms with Crippen LogP contribution >= 0.6 is 0 Å². The van der Waals surface area contributed by atoms with Crippen molar-refractivity contribution >= 4 is 5.97 Å². The van der Waals surface area contributed by atoms with Gasteiger partial charge in [-0.05, 0) is 43.4 Å². The Morgan fingerprint density at radius 1 is 1.44 bits per heavy atom. The Labute approximate surface area is 98.4 Å². The maximum atomic E-state index is 11.0. The van der Waals surface area contributed by atoms with Crippen LogP contribution in [-0.2, 0) is 4.79 Å². The minimum absolute atomic E-state index is 0.0430. The Balaban J connectivity index is 2.70. The van der Waals surface area contributed by atoms with Crippen LogP contribution in [0.1, 0.15) is 58.8 Å². The summed E-state index contributed by atoms with van der Waals surface area (Å²) < 4.78 is 0. The zero-order valence-corrected chi connectivity index (χ0v) is 10.5. The summed E-state index contributed by atoms with van der Waals surface area (Å²) in [6.07, 6.45) is 6.63. The molecule has 3 N–H and O–H groups in total. The molecule has 0 aromatic carbocycles. The fourth-order valence-corrected chi connectivity index (χ4v) is 3.07. The van der Waals surface area contributed by atoms with E-state index in [1.807, 2.05) is 0 Å². The molecule has 1 aliphatic carbocycles. The monoisotopic (exact) mass is 227 g/mol. The second-order valence-electron chi connectivity index (χ2n) is 5.30. The van der Waals surface area contributed by atoms with Crippen LogP contribution in [0.2, 0.25) is 0 Å². The highest BCUT2D eigenvalue weighted by molar-refractivity contribution is 5.67. The third-order valence-corrected chi connectivity index (χ3v) is 4.41. The number of carboxylic acid groups (broad SMARTS) is 1. The van der Waals surface area contributed by atoms with Crippen LogP contribution in [0.4, 0.5) is 0 Å². The molecule has 1 rings (SSSR count). The predicted octanol–water partition coefficient (Wildman–Crippen LogP) is 2.79. The summed E-state index contributed by atoms with van der Waals surface area (Å²) in [5.41, 5.74) is 6.02. The lowest BCUT2D eigenvalue weighted by molar-refractivity contribution is -0.141. The Bertz CT molecular complexity index is 232. The molecule has 0 aliphatic heterocycles. The lowest BCUT2D eigenvalue weighted by atomic mass is 9.64. The summed E-state index contributed by atoms with van der Waals surface area (Å²) in [6.45, 7) is 4.27. The minimum Gasteiger partial charge on any atom is -0.481 e. The fraction of sp³-hybridized carbons (Fsp3) is 0.923. The molecule has 0 heterocycles. The Hall–Kier alpha value is -0.570. The molecule has 0 saturated heterocycles. The van der Waals surface area contributed by atoms with E-state index in [-0.39, 0.29) is 17.9 Å². The first-order chi connectivity index (χ1) is 7.54. The largest absolute Gasteiger partial charge is 0.481 e. The van der Waals surface area contributed by atoms with Gasteiger partial charge in [0, 0.05) is 6.04 Å².